The van der Waals surface area contributed by atoms with Gasteiger partial charge in [0.25, 0.3) is 0 Å². The Bertz CT molecular complexity index is 924. The number of fused-ring (bicyclic) bond motifs is 1. The van der Waals surface area contributed by atoms with Crippen LogP contribution in [0.3, 0.4) is 0 Å². The van der Waals surface area contributed by atoms with Gasteiger partial charge in [-0.2, -0.15) is 5.10 Å². The van der Waals surface area contributed by atoms with E-state index in [1.807, 2.05) is 29.7 Å². The van der Waals surface area contributed by atoms with E-state index in [1.165, 1.54) is 0 Å². The van der Waals surface area contributed by atoms with E-state index in [1.54, 1.807) is 18.9 Å². The zero-order valence-corrected chi connectivity index (χ0v) is 20.8. The van der Waals surface area contributed by atoms with E-state index >= 15 is 0 Å². The van der Waals surface area contributed by atoms with Crippen molar-refractivity contribution < 1.29 is 9.47 Å². The summed E-state index contributed by atoms with van der Waals surface area (Å²) in [5, 5.41) is 11.1. The molecule has 1 aliphatic rings. The Balaban J connectivity index is 0.00000341. The highest BCUT2D eigenvalue weighted by Gasteiger charge is 2.16. The van der Waals surface area contributed by atoms with Gasteiger partial charge in [-0.25, -0.2) is 14.5 Å². The number of hydrogen-bond acceptors (Lipinski definition) is 5. The second-order valence-electron chi connectivity index (χ2n) is 7.18. The number of methoxy groups -OCH3 is 2. The minimum atomic E-state index is 0. The fourth-order valence-corrected chi connectivity index (χ4v) is 3.52. The molecular weight excluding hydrogens is 511 g/mol. The van der Waals surface area contributed by atoms with Gasteiger partial charge in [0.1, 0.15) is 17.3 Å². The number of benzene rings is 1. The molecule has 3 rings (SSSR count). The molecular formula is C21H33IN6O3. The van der Waals surface area contributed by atoms with Gasteiger partial charge in [0.05, 0.1) is 20.8 Å². The molecule has 2 aromatic rings. The van der Waals surface area contributed by atoms with Crippen LogP contribution in [0.2, 0.25) is 0 Å². The SMILES string of the molecule is CCNC(=NCc1ccc(OC)cc1OC)NCCCn1nc2n(c1=O)CCCC2.I. The lowest BCUT2D eigenvalue weighted by molar-refractivity contribution is 0.391. The maximum atomic E-state index is 12.4. The highest BCUT2D eigenvalue weighted by atomic mass is 127. The van der Waals surface area contributed by atoms with E-state index in [0.29, 0.717) is 19.6 Å². The molecule has 0 unspecified atom stereocenters. The minimum Gasteiger partial charge on any atom is -0.497 e. The third kappa shape index (κ3) is 6.62. The first-order chi connectivity index (χ1) is 14.7. The first kappa shape index (κ1) is 25.0. The number of aryl methyl sites for hydroxylation is 2. The molecule has 0 amide bonds. The Morgan fingerprint density at radius 3 is 2.77 bits per heavy atom. The number of aliphatic imine (C=N–C) groups is 1. The van der Waals surface area contributed by atoms with Crippen molar-refractivity contribution in [3.05, 3.63) is 40.1 Å². The maximum absolute atomic E-state index is 12.4. The summed E-state index contributed by atoms with van der Waals surface area (Å²) in [5.41, 5.74) is 0.988. The third-order valence-corrected chi connectivity index (χ3v) is 5.12. The van der Waals surface area contributed by atoms with Gasteiger partial charge in [-0.05, 0) is 38.3 Å². The Morgan fingerprint density at radius 2 is 2.06 bits per heavy atom. The zero-order chi connectivity index (χ0) is 21.3. The molecule has 0 fully saturated rings. The quantitative estimate of drug-likeness (QED) is 0.218. The Morgan fingerprint density at radius 1 is 1.23 bits per heavy atom. The lowest BCUT2D eigenvalue weighted by Crippen LogP contribution is -2.38. The topological polar surface area (TPSA) is 94.7 Å². The van der Waals surface area contributed by atoms with E-state index in [0.717, 1.165) is 67.6 Å². The molecule has 0 aliphatic carbocycles. The molecule has 1 aromatic heterocycles. The van der Waals surface area contributed by atoms with Crippen LogP contribution < -0.4 is 25.8 Å². The summed E-state index contributed by atoms with van der Waals surface area (Å²) in [6.45, 7) is 5.35. The number of rotatable bonds is 9. The number of nitrogens with one attached hydrogen (secondary N) is 2. The largest absolute Gasteiger partial charge is 0.497 e. The Labute approximate surface area is 200 Å². The van der Waals surface area contributed by atoms with Crippen LogP contribution in [0.15, 0.2) is 28.0 Å². The first-order valence-corrected chi connectivity index (χ1v) is 10.6. The molecule has 9 nitrogen and oxygen atoms in total. The van der Waals surface area contributed by atoms with Crippen LogP contribution in [-0.2, 0) is 26.1 Å². The smallest absolute Gasteiger partial charge is 0.345 e. The normalized spacial score (nSPS) is 13.2. The molecule has 0 bridgehead atoms. The van der Waals surface area contributed by atoms with Crippen molar-refractivity contribution in [3.8, 4) is 11.5 Å². The number of ether oxygens (including phenoxy) is 2. The second-order valence-corrected chi connectivity index (χ2v) is 7.18. The van der Waals surface area contributed by atoms with Gasteiger partial charge in [0.2, 0.25) is 0 Å². The third-order valence-electron chi connectivity index (χ3n) is 5.12. The van der Waals surface area contributed by atoms with Crippen molar-refractivity contribution in [2.45, 2.75) is 52.2 Å². The molecule has 0 saturated heterocycles. The lowest BCUT2D eigenvalue weighted by atomic mass is 10.2. The molecule has 2 N–H and O–H groups in total. The molecule has 0 atom stereocenters. The molecule has 1 aliphatic heterocycles. The van der Waals surface area contributed by atoms with Crippen LogP contribution in [0, 0.1) is 0 Å². The maximum Gasteiger partial charge on any atom is 0.345 e. The minimum absolute atomic E-state index is 0. The van der Waals surface area contributed by atoms with Gasteiger partial charge in [-0.15, -0.1) is 24.0 Å². The van der Waals surface area contributed by atoms with E-state index in [4.69, 9.17) is 9.47 Å². The van der Waals surface area contributed by atoms with Crippen molar-refractivity contribution >= 4 is 29.9 Å². The molecule has 172 valence electrons. The zero-order valence-electron chi connectivity index (χ0n) is 18.5. The predicted octanol–water partition coefficient (Wildman–Crippen LogP) is 2.16. The summed E-state index contributed by atoms with van der Waals surface area (Å²) < 4.78 is 14.1. The van der Waals surface area contributed by atoms with Gasteiger partial charge in [0, 0.05) is 44.2 Å². The van der Waals surface area contributed by atoms with Crippen LogP contribution in [0.4, 0.5) is 0 Å². The van der Waals surface area contributed by atoms with E-state index in [2.05, 4.69) is 20.7 Å². The van der Waals surface area contributed by atoms with Crippen molar-refractivity contribution in [2.24, 2.45) is 4.99 Å². The average molecular weight is 544 g/mol. The van der Waals surface area contributed by atoms with E-state index in [-0.39, 0.29) is 29.7 Å². The molecule has 0 saturated carbocycles. The first-order valence-electron chi connectivity index (χ1n) is 10.6. The molecule has 10 heteroatoms. The van der Waals surface area contributed by atoms with Crippen LogP contribution in [0.1, 0.15) is 37.6 Å². The monoisotopic (exact) mass is 544 g/mol. The highest BCUT2D eigenvalue weighted by Crippen LogP contribution is 2.25. The molecule has 0 radical (unpaired) electrons. The summed E-state index contributed by atoms with van der Waals surface area (Å²) in [4.78, 5) is 17.0. The van der Waals surface area contributed by atoms with Crippen LogP contribution in [0.25, 0.3) is 0 Å². The highest BCUT2D eigenvalue weighted by molar-refractivity contribution is 14.0. The van der Waals surface area contributed by atoms with E-state index in [9.17, 15) is 4.79 Å². The van der Waals surface area contributed by atoms with Crippen molar-refractivity contribution in [1.29, 1.82) is 0 Å². The summed E-state index contributed by atoms with van der Waals surface area (Å²) in [6.07, 6.45) is 3.85. The number of nitrogens with zero attached hydrogens (tertiary/aromatic N) is 4. The Hall–Kier alpha value is -2.24. The fourth-order valence-electron chi connectivity index (χ4n) is 3.52. The van der Waals surface area contributed by atoms with Gasteiger partial charge in [-0.3, -0.25) is 4.57 Å². The number of aromatic nitrogens is 3. The number of guanidine groups is 1. The second kappa shape index (κ2) is 12.6. The van der Waals surface area contributed by atoms with Gasteiger partial charge < -0.3 is 20.1 Å². The van der Waals surface area contributed by atoms with Crippen molar-refractivity contribution in [2.75, 3.05) is 27.3 Å². The summed E-state index contributed by atoms with van der Waals surface area (Å²) in [6, 6.07) is 5.71. The van der Waals surface area contributed by atoms with Crippen LogP contribution in [0.5, 0.6) is 11.5 Å². The number of halogens is 1. The van der Waals surface area contributed by atoms with Crippen molar-refractivity contribution in [3.63, 3.8) is 0 Å². The average Bonchev–Trinajstić information content (AvgIpc) is 3.10. The van der Waals surface area contributed by atoms with Gasteiger partial charge in [-0.1, -0.05) is 0 Å². The molecule has 31 heavy (non-hydrogen) atoms. The van der Waals surface area contributed by atoms with Gasteiger partial charge >= 0.3 is 5.69 Å². The fraction of sp³-hybridized carbons (Fsp3) is 0.571. The Kier molecular flexibility index (Phi) is 10.2. The van der Waals surface area contributed by atoms with Crippen LogP contribution >= 0.6 is 24.0 Å². The van der Waals surface area contributed by atoms with E-state index < -0.39 is 0 Å². The molecule has 2 heterocycles. The van der Waals surface area contributed by atoms with Crippen molar-refractivity contribution in [1.82, 2.24) is 25.0 Å². The standard InChI is InChI=1S/C21H32N6O3.HI/c1-4-22-20(24-15-16-9-10-17(29-2)14-18(16)30-3)23-11-7-13-27-21(28)26-12-6-5-8-19(26)25-27;/h9-10,14H,4-8,11-13,15H2,1-3H3,(H2,22,23,24);1H. The van der Waals surface area contributed by atoms with Gasteiger partial charge in [0.15, 0.2) is 5.96 Å². The summed E-state index contributed by atoms with van der Waals surface area (Å²) in [5.74, 6) is 3.15. The number of hydrogen-bond donors (Lipinski definition) is 2. The summed E-state index contributed by atoms with van der Waals surface area (Å²) >= 11 is 0. The lowest BCUT2D eigenvalue weighted by Gasteiger charge is -2.12. The predicted molar refractivity (Wildman–Crippen MR) is 132 cm³/mol. The molecule has 1 aromatic carbocycles. The molecule has 0 spiro atoms. The summed E-state index contributed by atoms with van der Waals surface area (Å²) in [7, 11) is 3.27. The van der Waals surface area contributed by atoms with Crippen LogP contribution in [-0.4, -0.2) is 47.6 Å².